The van der Waals surface area contributed by atoms with Crippen LogP contribution < -0.4 is 5.32 Å². The van der Waals surface area contributed by atoms with Crippen LogP contribution in [0.5, 0.6) is 0 Å². The smallest absolute Gasteiger partial charge is 0.105 e. The van der Waals surface area contributed by atoms with Gasteiger partial charge in [-0.05, 0) is 31.0 Å². The SMILES string of the molecule is Cc1nccn1Cc1ccc(CCNC(C)C)cc1. The van der Waals surface area contributed by atoms with Crippen molar-refractivity contribution in [1.29, 1.82) is 0 Å². The lowest BCUT2D eigenvalue weighted by atomic mass is 10.1. The van der Waals surface area contributed by atoms with E-state index >= 15 is 0 Å². The number of imidazole rings is 1. The second-order valence-electron chi connectivity index (χ2n) is 5.28. The van der Waals surface area contributed by atoms with Crippen molar-refractivity contribution < 1.29 is 0 Å². The molecular weight excluding hydrogens is 234 g/mol. The van der Waals surface area contributed by atoms with Crippen LogP contribution in [0.25, 0.3) is 0 Å². The van der Waals surface area contributed by atoms with Crippen molar-refractivity contribution in [2.45, 2.75) is 39.8 Å². The monoisotopic (exact) mass is 257 g/mol. The molecule has 3 heteroatoms. The molecule has 0 unspecified atom stereocenters. The Morgan fingerprint density at radius 2 is 1.84 bits per heavy atom. The van der Waals surface area contributed by atoms with Crippen molar-refractivity contribution in [1.82, 2.24) is 14.9 Å². The van der Waals surface area contributed by atoms with Gasteiger partial charge in [0.15, 0.2) is 0 Å². The third-order valence-electron chi connectivity index (χ3n) is 3.27. The Morgan fingerprint density at radius 3 is 2.42 bits per heavy atom. The van der Waals surface area contributed by atoms with E-state index in [2.05, 4.69) is 53.0 Å². The predicted octanol–water partition coefficient (Wildman–Crippen LogP) is 2.78. The van der Waals surface area contributed by atoms with Gasteiger partial charge >= 0.3 is 0 Å². The average Bonchev–Trinajstić information content (AvgIpc) is 2.77. The lowest BCUT2D eigenvalue weighted by Crippen LogP contribution is -2.24. The number of aryl methyl sites for hydroxylation is 1. The quantitative estimate of drug-likeness (QED) is 0.862. The standard InChI is InChI=1S/C16H23N3/c1-13(2)17-9-8-15-4-6-16(7-5-15)12-19-11-10-18-14(19)3/h4-7,10-11,13,17H,8-9,12H2,1-3H3. The van der Waals surface area contributed by atoms with Crippen molar-refractivity contribution in [2.75, 3.05) is 6.54 Å². The molecule has 3 nitrogen and oxygen atoms in total. The normalized spacial score (nSPS) is 11.2. The Hall–Kier alpha value is -1.61. The van der Waals surface area contributed by atoms with Crippen LogP contribution in [0.4, 0.5) is 0 Å². The minimum atomic E-state index is 0.559. The maximum Gasteiger partial charge on any atom is 0.105 e. The maximum absolute atomic E-state index is 4.24. The van der Waals surface area contributed by atoms with E-state index in [1.807, 2.05) is 19.3 Å². The second-order valence-corrected chi connectivity index (χ2v) is 5.28. The van der Waals surface area contributed by atoms with Gasteiger partial charge in [-0.25, -0.2) is 4.98 Å². The summed E-state index contributed by atoms with van der Waals surface area (Å²) in [4.78, 5) is 4.24. The van der Waals surface area contributed by atoms with Gasteiger partial charge in [0.05, 0.1) is 0 Å². The zero-order valence-electron chi connectivity index (χ0n) is 12.1. The third-order valence-corrected chi connectivity index (χ3v) is 3.27. The van der Waals surface area contributed by atoms with Crippen LogP contribution in [0.2, 0.25) is 0 Å². The molecule has 0 aliphatic heterocycles. The van der Waals surface area contributed by atoms with Gasteiger partial charge in [0.25, 0.3) is 0 Å². The first-order chi connectivity index (χ1) is 9.15. The summed E-state index contributed by atoms with van der Waals surface area (Å²) in [5.41, 5.74) is 2.71. The molecule has 0 aliphatic rings. The highest BCUT2D eigenvalue weighted by atomic mass is 15.0. The molecule has 0 fully saturated rings. The van der Waals surface area contributed by atoms with Crippen LogP contribution in [0.3, 0.4) is 0 Å². The first-order valence-electron chi connectivity index (χ1n) is 6.94. The van der Waals surface area contributed by atoms with E-state index in [0.29, 0.717) is 6.04 Å². The fourth-order valence-electron chi connectivity index (χ4n) is 2.08. The molecule has 1 N–H and O–H groups in total. The third kappa shape index (κ3) is 4.21. The Morgan fingerprint density at radius 1 is 1.16 bits per heavy atom. The van der Waals surface area contributed by atoms with Crippen molar-refractivity contribution in [3.63, 3.8) is 0 Å². The number of benzene rings is 1. The van der Waals surface area contributed by atoms with Gasteiger partial charge in [0.2, 0.25) is 0 Å². The van der Waals surface area contributed by atoms with Gasteiger partial charge in [-0.2, -0.15) is 0 Å². The summed E-state index contributed by atoms with van der Waals surface area (Å²) in [6.45, 7) is 8.33. The summed E-state index contributed by atoms with van der Waals surface area (Å²) >= 11 is 0. The predicted molar refractivity (Wildman–Crippen MR) is 79.4 cm³/mol. The molecule has 2 aromatic rings. The topological polar surface area (TPSA) is 29.9 Å². The molecular formula is C16H23N3. The molecule has 0 saturated heterocycles. The first kappa shape index (κ1) is 13.8. The molecule has 1 aromatic heterocycles. The highest BCUT2D eigenvalue weighted by Gasteiger charge is 2.00. The van der Waals surface area contributed by atoms with Crippen LogP contribution in [0.1, 0.15) is 30.8 Å². The zero-order valence-corrected chi connectivity index (χ0v) is 12.1. The number of nitrogens with zero attached hydrogens (tertiary/aromatic N) is 2. The number of hydrogen-bond donors (Lipinski definition) is 1. The van der Waals surface area contributed by atoms with Crippen LogP contribution in [-0.4, -0.2) is 22.1 Å². The Kier molecular flexibility index (Phi) is 4.74. The second kappa shape index (κ2) is 6.53. The number of nitrogens with one attached hydrogen (secondary N) is 1. The first-order valence-corrected chi connectivity index (χ1v) is 6.94. The fourth-order valence-corrected chi connectivity index (χ4v) is 2.08. The summed E-state index contributed by atoms with van der Waals surface area (Å²) in [6.07, 6.45) is 4.96. The molecule has 0 bridgehead atoms. The highest BCUT2D eigenvalue weighted by Crippen LogP contribution is 2.08. The van der Waals surface area contributed by atoms with Crippen molar-refractivity contribution in [3.8, 4) is 0 Å². The lowest BCUT2D eigenvalue weighted by molar-refractivity contribution is 0.590. The molecule has 0 atom stereocenters. The van der Waals surface area contributed by atoms with E-state index in [0.717, 1.165) is 25.3 Å². The summed E-state index contributed by atoms with van der Waals surface area (Å²) in [6, 6.07) is 9.44. The maximum atomic E-state index is 4.24. The van der Waals surface area contributed by atoms with Crippen molar-refractivity contribution >= 4 is 0 Å². The minimum Gasteiger partial charge on any atom is -0.331 e. The van der Waals surface area contributed by atoms with E-state index in [-0.39, 0.29) is 0 Å². The Bertz CT molecular complexity index is 497. The largest absolute Gasteiger partial charge is 0.331 e. The molecule has 0 spiro atoms. The zero-order chi connectivity index (χ0) is 13.7. The molecule has 0 amide bonds. The van der Waals surface area contributed by atoms with Gasteiger partial charge in [0.1, 0.15) is 5.82 Å². The molecule has 102 valence electrons. The lowest BCUT2D eigenvalue weighted by Gasteiger charge is -2.09. The summed E-state index contributed by atoms with van der Waals surface area (Å²) in [5.74, 6) is 1.06. The van der Waals surface area contributed by atoms with Crippen LogP contribution >= 0.6 is 0 Å². The molecule has 1 heterocycles. The summed E-state index contributed by atoms with van der Waals surface area (Å²) in [5, 5.41) is 3.44. The van der Waals surface area contributed by atoms with Gasteiger partial charge in [-0.1, -0.05) is 38.1 Å². The number of hydrogen-bond acceptors (Lipinski definition) is 2. The van der Waals surface area contributed by atoms with E-state index < -0.39 is 0 Å². The Balaban J connectivity index is 1.89. The molecule has 1 aromatic carbocycles. The number of rotatable bonds is 6. The van der Waals surface area contributed by atoms with Gasteiger partial charge in [-0.15, -0.1) is 0 Å². The molecule has 0 radical (unpaired) electrons. The van der Waals surface area contributed by atoms with Gasteiger partial charge < -0.3 is 9.88 Å². The molecule has 0 saturated carbocycles. The van der Waals surface area contributed by atoms with E-state index in [4.69, 9.17) is 0 Å². The van der Waals surface area contributed by atoms with Gasteiger partial charge in [0, 0.05) is 25.0 Å². The van der Waals surface area contributed by atoms with E-state index in [1.165, 1.54) is 11.1 Å². The molecule has 0 aliphatic carbocycles. The molecule has 19 heavy (non-hydrogen) atoms. The van der Waals surface area contributed by atoms with Crippen LogP contribution in [0, 0.1) is 6.92 Å². The van der Waals surface area contributed by atoms with Crippen molar-refractivity contribution in [3.05, 3.63) is 53.6 Å². The summed E-state index contributed by atoms with van der Waals surface area (Å²) in [7, 11) is 0. The Labute approximate surface area is 115 Å². The summed E-state index contributed by atoms with van der Waals surface area (Å²) < 4.78 is 2.16. The minimum absolute atomic E-state index is 0.559. The average molecular weight is 257 g/mol. The van der Waals surface area contributed by atoms with Crippen LogP contribution in [0.15, 0.2) is 36.7 Å². The van der Waals surface area contributed by atoms with Crippen molar-refractivity contribution in [2.24, 2.45) is 0 Å². The number of aromatic nitrogens is 2. The van der Waals surface area contributed by atoms with Gasteiger partial charge in [-0.3, -0.25) is 0 Å². The highest BCUT2D eigenvalue weighted by molar-refractivity contribution is 5.23. The van der Waals surface area contributed by atoms with E-state index in [9.17, 15) is 0 Å². The molecule has 2 rings (SSSR count). The van der Waals surface area contributed by atoms with E-state index in [1.54, 1.807) is 0 Å². The fraction of sp³-hybridized carbons (Fsp3) is 0.438. The van der Waals surface area contributed by atoms with Crippen LogP contribution in [-0.2, 0) is 13.0 Å².